The molecule has 3 heterocycles. The van der Waals surface area contributed by atoms with Gasteiger partial charge in [-0.15, -0.1) is 0 Å². The molecule has 0 N–H and O–H groups in total. The molecule has 12 rings (SSSR count). The summed E-state index contributed by atoms with van der Waals surface area (Å²) in [4.78, 5) is 16.0. The molecule has 4 nitrogen and oxygen atoms in total. The Bertz CT molecular complexity index is 3200. The second-order valence-electron chi connectivity index (χ2n) is 16.0. The zero-order valence-electron chi connectivity index (χ0n) is 32.1. The molecule has 2 aromatic heterocycles. The van der Waals surface area contributed by atoms with Crippen molar-refractivity contribution in [3.63, 3.8) is 0 Å². The second kappa shape index (κ2) is 12.3. The summed E-state index contributed by atoms with van der Waals surface area (Å²) in [6, 6.07) is 65.0. The minimum Gasteiger partial charge on any atom is -0.308 e. The maximum absolute atomic E-state index is 5.36. The fraction of sp³-hybridized carbons (Fsp3) is 0.0556. The van der Waals surface area contributed by atoms with Crippen LogP contribution in [0.25, 0.3) is 106 Å². The molecule has 1 aliphatic carbocycles. The van der Waals surface area contributed by atoms with Gasteiger partial charge in [-0.2, -0.15) is 0 Å². The van der Waals surface area contributed by atoms with E-state index in [1.807, 2.05) is 12.1 Å². The van der Waals surface area contributed by atoms with Gasteiger partial charge in [0.2, 0.25) is 0 Å². The number of aromatic nitrogens is 4. The Morgan fingerprint density at radius 2 is 0.914 bits per heavy atom. The number of para-hydroxylation sites is 1. The van der Waals surface area contributed by atoms with Crippen molar-refractivity contribution in [2.24, 2.45) is 0 Å². The maximum Gasteiger partial charge on any atom is 0.164 e. The van der Waals surface area contributed by atoms with Crippen molar-refractivity contribution in [3.8, 4) is 84.4 Å². The van der Waals surface area contributed by atoms with E-state index in [9.17, 15) is 0 Å². The lowest BCUT2D eigenvalue weighted by atomic mass is 9.81. The average molecular weight is 741 g/mol. The molecule has 0 radical (unpaired) electrons. The zero-order chi connectivity index (χ0) is 38.5. The molecule has 0 saturated carbocycles. The van der Waals surface area contributed by atoms with Gasteiger partial charge in [-0.25, -0.2) is 15.0 Å². The summed E-state index contributed by atoms with van der Waals surface area (Å²) in [5.74, 6) is 1.92. The maximum atomic E-state index is 5.36. The molecule has 0 saturated heterocycles. The van der Waals surface area contributed by atoms with E-state index in [-0.39, 0.29) is 5.41 Å². The lowest BCUT2D eigenvalue weighted by molar-refractivity contribution is 0.661. The molecular formula is C54H36N4. The predicted octanol–water partition coefficient (Wildman–Crippen LogP) is 13.6. The molecule has 0 spiro atoms. The van der Waals surface area contributed by atoms with Crippen LogP contribution in [0, 0.1) is 0 Å². The van der Waals surface area contributed by atoms with E-state index in [1.165, 1.54) is 50.0 Å². The van der Waals surface area contributed by atoms with E-state index < -0.39 is 0 Å². The van der Waals surface area contributed by atoms with Crippen LogP contribution in [0.15, 0.2) is 182 Å². The number of fused-ring (bicyclic) bond motifs is 6. The summed E-state index contributed by atoms with van der Waals surface area (Å²) in [5, 5.41) is 2.33. The summed E-state index contributed by atoms with van der Waals surface area (Å²) < 4.78 is 2.50. The van der Waals surface area contributed by atoms with Gasteiger partial charge in [-0.05, 0) is 68.8 Å². The van der Waals surface area contributed by atoms with Crippen molar-refractivity contribution >= 4 is 21.8 Å². The number of hydrogen-bond donors (Lipinski definition) is 0. The summed E-state index contributed by atoms with van der Waals surface area (Å²) >= 11 is 0. The molecule has 0 amide bonds. The van der Waals surface area contributed by atoms with E-state index in [0.29, 0.717) is 17.5 Å². The highest BCUT2D eigenvalue weighted by molar-refractivity contribution is 6.22. The van der Waals surface area contributed by atoms with Crippen molar-refractivity contribution in [3.05, 3.63) is 193 Å². The molecule has 0 bridgehead atoms. The van der Waals surface area contributed by atoms with Gasteiger partial charge in [-0.3, -0.25) is 0 Å². The van der Waals surface area contributed by atoms with Crippen LogP contribution >= 0.6 is 0 Å². The fourth-order valence-corrected chi connectivity index (χ4v) is 9.67. The smallest absolute Gasteiger partial charge is 0.164 e. The van der Waals surface area contributed by atoms with Crippen LogP contribution in [-0.4, -0.2) is 19.5 Å². The molecule has 0 fully saturated rings. The number of rotatable bonds is 5. The van der Waals surface area contributed by atoms with E-state index in [1.54, 1.807) is 0 Å². The van der Waals surface area contributed by atoms with Gasteiger partial charge in [0.15, 0.2) is 17.5 Å². The lowest BCUT2D eigenvalue weighted by Crippen LogP contribution is -2.15. The molecule has 0 atom stereocenters. The highest BCUT2D eigenvalue weighted by atomic mass is 15.0. The molecule has 1 aliphatic heterocycles. The zero-order valence-corrected chi connectivity index (χ0v) is 32.1. The topological polar surface area (TPSA) is 43.6 Å². The first-order valence-electron chi connectivity index (χ1n) is 20.0. The Morgan fingerprint density at radius 1 is 0.397 bits per heavy atom. The molecule has 10 aromatic rings. The average Bonchev–Trinajstić information content (AvgIpc) is 3.70. The molecule has 8 aromatic carbocycles. The lowest BCUT2D eigenvalue weighted by Gasteiger charge is -2.22. The molecule has 0 unspecified atom stereocenters. The molecule has 272 valence electrons. The van der Waals surface area contributed by atoms with Gasteiger partial charge < -0.3 is 4.57 Å². The van der Waals surface area contributed by atoms with Gasteiger partial charge in [0.25, 0.3) is 0 Å². The van der Waals surface area contributed by atoms with Crippen molar-refractivity contribution in [2.45, 2.75) is 19.3 Å². The Hall–Kier alpha value is -7.43. The van der Waals surface area contributed by atoms with E-state index in [2.05, 4.69) is 188 Å². The Kier molecular flexibility index (Phi) is 6.94. The van der Waals surface area contributed by atoms with E-state index in [0.717, 1.165) is 49.8 Å². The van der Waals surface area contributed by atoms with Gasteiger partial charge in [0, 0.05) is 44.0 Å². The number of nitrogens with zero attached hydrogens (tertiary/aromatic N) is 4. The van der Waals surface area contributed by atoms with Crippen LogP contribution in [-0.2, 0) is 5.41 Å². The minimum absolute atomic E-state index is 0.133. The molecule has 58 heavy (non-hydrogen) atoms. The quantitative estimate of drug-likeness (QED) is 0.176. The van der Waals surface area contributed by atoms with Crippen LogP contribution < -0.4 is 0 Å². The van der Waals surface area contributed by atoms with Crippen LogP contribution in [0.1, 0.15) is 25.0 Å². The van der Waals surface area contributed by atoms with Crippen LogP contribution in [0.2, 0.25) is 0 Å². The number of benzene rings is 8. The van der Waals surface area contributed by atoms with Crippen LogP contribution in [0.3, 0.4) is 0 Å². The van der Waals surface area contributed by atoms with E-state index >= 15 is 0 Å². The first-order valence-corrected chi connectivity index (χ1v) is 20.0. The van der Waals surface area contributed by atoms with Crippen LogP contribution in [0.5, 0.6) is 0 Å². The van der Waals surface area contributed by atoms with Crippen molar-refractivity contribution in [2.75, 3.05) is 0 Å². The first kappa shape index (κ1) is 32.8. The summed E-state index contributed by atoms with van der Waals surface area (Å²) in [7, 11) is 0. The van der Waals surface area contributed by atoms with Crippen molar-refractivity contribution < 1.29 is 0 Å². The second-order valence-corrected chi connectivity index (χ2v) is 16.0. The highest BCUT2D eigenvalue weighted by Crippen LogP contribution is 2.58. The largest absolute Gasteiger partial charge is 0.308 e. The minimum atomic E-state index is -0.133. The Morgan fingerprint density at radius 3 is 1.60 bits per heavy atom. The summed E-state index contributed by atoms with van der Waals surface area (Å²) in [6.45, 7) is 4.74. The van der Waals surface area contributed by atoms with Gasteiger partial charge >= 0.3 is 0 Å². The Labute approximate surface area is 336 Å². The third-order valence-corrected chi connectivity index (χ3v) is 12.4. The van der Waals surface area contributed by atoms with Crippen molar-refractivity contribution in [1.29, 1.82) is 0 Å². The monoisotopic (exact) mass is 740 g/mol. The fourth-order valence-electron chi connectivity index (χ4n) is 9.67. The van der Waals surface area contributed by atoms with Gasteiger partial charge in [-0.1, -0.05) is 172 Å². The molecular weight excluding hydrogens is 705 g/mol. The number of hydrogen-bond acceptors (Lipinski definition) is 3. The van der Waals surface area contributed by atoms with Gasteiger partial charge in [0.1, 0.15) is 0 Å². The third kappa shape index (κ3) is 4.72. The SMILES string of the molecule is CC1(C)c2cccc3c2-c2c1ccc1c4c(-c5nc(-c6cccc(-c7ccccc7)c6)nc(-c6cccc(-c7ccccc7)c6)n5)cccc4n(c21)-c1ccccc1-3. The third-order valence-electron chi connectivity index (χ3n) is 12.4. The Balaban J connectivity index is 1.15. The summed E-state index contributed by atoms with van der Waals surface area (Å²) in [6.07, 6.45) is 0. The summed E-state index contributed by atoms with van der Waals surface area (Å²) in [5.41, 5.74) is 18.8. The van der Waals surface area contributed by atoms with Gasteiger partial charge in [0.05, 0.1) is 16.7 Å². The normalized spacial score (nSPS) is 13.1. The van der Waals surface area contributed by atoms with Crippen molar-refractivity contribution in [1.82, 2.24) is 19.5 Å². The highest BCUT2D eigenvalue weighted by Gasteiger charge is 2.41. The van der Waals surface area contributed by atoms with Crippen LogP contribution in [0.4, 0.5) is 0 Å². The molecule has 4 heteroatoms. The predicted molar refractivity (Wildman–Crippen MR) is 238 cm³/mol. The van der Waals surface area contributed by atoms with E-state index in [4.69, 9.17) is 15.0 Å². The molecule has 2 aliphatic rings. The standard InChI is InChI=1S/C54H36N4/c1-54(2)43-26-13-24-40-39-23-9-10-27-45(39)58-46-28-14-25-42(47(46)41-29-30-44(54)49(48(40)43)50(41)58)53-56-51(37-21-11-19-35(31-37)33-15-5-3-6-16-33)55-52(57-53)38-22-12-20-36(32-38)34-17-7-4-8-18-34/h3-32H,1-2H3. The first-order chi connectivity index (χ1) is 28.5.